The Kier molecular flexibility index (Phi) is 5.56. The van der Waals surface area contributed by atoms with Gasteiger partial charge in [0.2, 0.25) is 0 Å². The number of benzene rings is 1. The molecule has 1 aromatic carbocycles. The van der Waals surface area contributed by atoms with Crippen molar-refractivity contribution in [1.29, 1.82) is 0 Å². The van der Waals surface area contributed by atoms with Gasteiger partial charge in [0.05, 0.1) is 12.3 Å². The highest BCUT2D eigenvalue weighted by Crippen LogP contribution is 2.42. The van der Waals surface area contributed by atoms with Crippen LogP contribution in [0.1, 0.15) is 55.4 Å². The van der Waals surface area contributed by atoms with Gasteiger partial charge in [-0.05, 0) is 39.3 Å². The van der Waals surface area contributed by atoms with Crippen molar-refractivity contribution in [2.45, 2.75) is 64.1 Å². The van der Waals surface area contributed by atoms with Gasteiger partial charge < -0.3 is 30.0 Å². The van der Waals surface area contributed by atoms with Crippen LogP contribution in [0.15, 0.2) is 42.6 Å². The molecule has 0 spiro atoms. The molecule has 0 saturated carbocycles. The molecule has 10 nitrogen and oxygen atoms in total. The maximum Gasteiger partial charge on any atom is 0.259 e. The number of rotatable bonds is 5. The monoisotopic (exact) mass is 467 g/mol. The van der Waals surface area contributed by atoms with Crippen LogP contribution in [0.25, 0.3) is 5.65 Å². The summed E-state index contributed by atoms with van der Waals surface area (Å²) in [6.07, 6.45) is 0.411. The third-order valence-electron chi connectivity index (χ3n) is 5.87. The average Bonchev–Trinajstić information content (AvgIpc) is 3.43. The van der Waals surface area contributed by atoms with Crippen LogP contribution in [-0.4, -0.2) is 50.9 Å². The van der Waals surface area contributed by atoms with Gasteiger partial charge in [-0.2, -0.15) is 0 Å². The van der Waals surface area contributed by atoms with Crippen LogP contribution in [0.2, 0.25) is 0 Å². The molecule has 5 rings (SSSR count). The molecule has 0 aliphatic carbocycles. The molecule has 4 heterocycles. The van der Waals surface area contributed by atoms with E-state index in [9.17, 15) is 4.79 Å². The molecule has 1 amide bonds. The molecule has 3 atom stereocenters. The molecular weight excluding hydrogens is 438 g/mol. The van der Waals surface area contributed by atoms with Gasteiger partial charge >= 0.3 is 0 Å². The molecule has 0 unspecified atom stereocenters. The van der Waals surface area contributed by atoms with Crippen molar-refractivity contribution in [3.63, 3.8) is 0 Å². The molecule has 2 fully saturated rings. The molecule has 3 N–H and O–H groups in total. The van der Waals surface area contributed by atoms with Crippen molar-refractivity contribution in [3.8, 4) is 0 Å². The summed E-state index contributed by atoms with van der Waals surface area (Å²) >= 11 is 0. The van der Waals surface area contributed by atoms with E-state index in [-0.39, 0.29) is 23.4 Å². The number of fused-ring (bicyclic) bond motifs is 1. The van der Waals surface area contributed by atoms with Crippen molar-refractivity contribution in [2.75, 3.05) is 12.3 Å². The number of carbonyl (C=O) groups is 1. The zero-order chi connectivity index (χ0) is 24.1. The lowest BCUT2D eigenvalue weighted by Crippen LogP contribution is -2.35. The summed E-state index contributed by atoms with van der Waals surface area (Å²) in [5.74, 6) is -1.79. The van der Waals surface area contributed by atoms with Crippen LogP contribution in [0.3, 0.4) is 0 Å². The minimum Gasteiger partial charge on any atom is -0.381 e. The van der Waals surface area contributed by atoms with Gasteiger partial charge in [-0.1, -0.05) is 30.3 Å². The predicted molar refractivity (Wildman–Crippen MR) is 123 cm³/mol. The van der Waals surface area contributed by atoms with Crippen molar-refractivity contribution in [1.82, 2.24) is 19.9 Å². The van der Waals surface area contributed by atoms with Gasteiger partial charge in [0.1, 0.15) is 23.9 Å². The van der Waals surface area contributed by atoms with Crippen molar-refractivity contribution < 1.29 is 23.7 Å². The number of hydrogen-bond donors (Lipinski definition) is 2. The molecule has 34 heavy (non-hydrogen) atoms. The van der Waals surface area contributed by atoms with E-state index in [4.69, 9.17) is 29.7 Å². The van der Waals surface area contributed by atoms with E-state index in [0.717, 1.165) is 5.56 Å². The van der Waals surface area contributed by atoms with Crippen LogP contribution in [0.5, 0.6) is 0 Å². The first-order valence-electron chi connectivity index (χ1n) is 11.3. The molecule has 10 heteroatoms. The molecule has 2 aliphatic heterocycles. The molecule has 0 radical (unpaired) electrons. The van der Waals surface area contributed by atoms with Gasteiger partial charge in [-0.15, -0.1) is 5.10 Å². The Balaban J connectivity index is 1.44. The highest BCUT2D eigenvalue weighted by Gasteiger charge is 2.50. The highest BCUT2D eigenvalue weighted by atomic mass is 16.8. The van der Waals surface area contributed by atoms with E-state index < -0.39 is 23.8 Å². The zero-order valence-corrected chi connectivity index (χ0v) is 19.6. The second kappa shape index (κ2) is 8.31. The first-order valence-corrected chi connectivity index (χ1v) is 11.3. The van der Waals surface area contributed by atoms with E-state index in [2.05, 4.69) is 10.4 Å². The second-order valence-electron chi connectivity index (χ2n) is 9.44. The lowest BCUT2D eigenvalue weighted by molar-refractivity contribution is -0.174. The first kappa shape index (κ1) is 22.7. The summed E-state index contributed by atoms with van der Waals surface area (Å²) in [6.45, 7) is 8.16. The number of nitrogens with two attached hydrogens (primary N) is 1. The van der Waals surface area contributed by atoms with E-state index in [1.807, 2.05) is 58.0 Å². The Morgan fingerprint density at radius 2 is 1.88 bits per heavy atom. The number of nitrogen functional groups attached to an aromatic ring is 1. The fourth-order valence-electron chi connectivity index (χ4n) is 4.37. The SMILES string of the molecule is CC1(C)OC[C@H]([C@@H]2OC(C)(C)O[C@H]2c2ccn3nc(N)c(C(=O)NCc4ccccc4)c3n2)O1. The summed E-state index contributed by atoms with van der Waals surface area (Å²) in [4.78, 5) is 17.8. The number of nitrogens with one attached hydrogen (secondary N) is 1. The van der Waals surface area contributed by atoms with Crippen molar-refractivity contribution in [2.24, 2.45) is 0 Å². The van der Waals surface area contributed by atoms with E-state index in [1.54, 1.807) is 12.3 Å². The van der Waals surface area contributed by atoms with Gasteiger partial charge in [0.15, 0.2) is 23.0 Å². The van der Waals surface area contributed by atoms with Gasteiger partial charge in [-0.3, -0.25) is 4.79 Å². The molecule has 2 aliphatic rings. The van der Waals surface area contributed by atoms with Gasteiger partial charge in [-0.25, -0.2) is 9.50 Å². The summed E-state index contributed by atoms with van der Waals surface area (Å²) in [5.41, 5.74) is 8.23. The number of amides is 1. The fraction of sp³-hybridized carbons (Fsp3) is 0.458. The molecular formula is C24H29N5O5. The molecule has 2 aromatic heterocycles. The van der Waals surface area contributed by atoms with Crippen LogP contribution in [0.4, 0.5) is 5.82 Å². The number of anilines is 1. The molecule has 0 bridgehead atoms. The minimum atomic E-state index is -0.839. The Morgan fingerprint density at radius 3 is 2.59 bits per heavy atom. The molecule has 3 aromatic rings. The normalized spacial score (nSPS) is 25.6. The van der Waals surface area contributed by atoms with Crippen LogP contribution >= 0.6 is 0 Å². The topological polar surface area (TPSA) is 122 Å². The number of ether oxygens (including phenoxy) is 4. The third-order valence-corrected chi connectivity index (χ3v) is 5.87. The number of nitrogens with zero attached hydrogens (tertiary/aromatic N) is 3. The molecule has 2 saturated heterocycles. The quantitative estimate of drug-likeness (QED) is 0.587. The van der Waals surface area contributed by atoms with E-state index in [1.165, 1.54) is 4.52 Å². The maximum absolute atomic E-state index is 13.0. The van der Waals surface area contributed by atoms with Gasteiger partial charge in [0.25, 0.3) is 5.91 Å². The van der Waals surface area contributed by atoms with Crippen molar-refractivity contribution in [3.05, 3.63) is 59.4 Å². The van der Waals surface area contributed by atoms with E-state index >= 15 is 0 Å². The Morgan fingerprint density at radius 1 is 1.12 bits per heavy atom. The maximum atomic E-state index is 13.0. The summed E-state index contributed by atoms with van der Waals surface area (Å²) < 4.78 is 25.7. The smallest absolute Gasteiger partial charge is 0.259 e. The Bertz CT molecular complexity index is 1210. The molecule has 180 valence electrons. The summed E-state index contributed by atoms with van der Waals surface area (Å²) in [5, 5.41) is 7.15. The highest BCUT2D eigenvalue weighted by molar-refractivity contribution is 6.04. The Labute approximate surface area is 197 Å². The second-order valence-corrected chi connectivity index (χ2v) is 9.44. The van der Waals surface area contributed by atoms with Crippen LogP contribution in [0, 0.1) is 0 Å². The number of carbonyl (C=O) groups excluding carboxylic acids is 1. The first-order chi connectivity index (χ1) is 16.1. The Hall–Kier alpha value is -3.05. The third kappa shape index (κ3) is 4.37. The largest absolute Gasteiger partial charge is 0.381 e. The lowest BCUT2D eigenvalue weighted by atomic mass is 10.1. The van der Waals surface area contributed by atoms with Crippen LogP contribution in [-0.2, 0) is 25.5 Å². The number of hydrogen-bond acceptors (Lipinski definition) is 8. The average molecular weight is 468 g/mol. The van der Waals surface area contributed by atoms with Gasteiger partial charge in [0, 0.05) is 12.7 Å². The number of aromatic nitrogens is 3. The van der Waals surface area contributed by atoms with E-state index in [0.29, 0.717) is 24.5 Å². The van der Waals surface area contributed by atoms with Crippen LogP contribution < -0.4 is 11.1 Å². The standard InChI is InChI=1S/C24H29N5O5/c1-23(2)31-13-16(32-23)19-18(33-24(3,4)34-19)15-10-11-29-21(27-15)17(20(25)28-29)22(30)26-12-14-8-6-5-7-9-14/h5-11,16,18-19H,12-13H2,1-4H3,(H2,25,28)(H,26,30)/t16-,18+,19+/m1/s1. The lowest BCUT2D eigenvalue weighted by Gasteiger charge is -2.23. The summed E-state index contributed by atoms with van der Waals surface area (Å²) in [6, 6.07) is 11.4. The fourth-order valence-corrected chi connectivity index (χ4v) is 4.37. The van der Waals surface area contributed by atoms with Crippen molar-refractivity contribution >= 4 is 17.4 Å². The predicted octanol–water partition coefficient (Wildman–Crippen LogP) is 2.59. The minimum absolute atomic E-state index is 0.102. The zero-order valence-electron chi connectivity index (χ0n) is 19.6. The summed E-state index contributed by atoms with van der Waals surface area (Å²) in [7, 11) is 0.